The van der Waals surface area contributed by atoms with Gasteiger partial charge in [-0.15, -0.1) is 0 Å². The molecule has 0 N–H and O–H groups in total. The molecule has 0 aliphatic heterocycles. The second-order valence-electron chi connectivity index (χ2n) is 7.57. The fourth-order valence-corrected chi connectivity index (χ4v) is 3.69. The van der Waals surface area contributed by atoms with Crippen LogP contribution in [0.4, 0.5) is 0 Å². The summed E-state index contributed by atoms with van der Waals surface area (Å²) in [6.07, 6.45) is 1.83. The summed E-state index contributed by atoms with van der Waals surface area (Å²) >= 11 is 0. The molecule has 0 radical (unpaired) electrons. The van der Waals surface area contributed by atoms with Crippen LogP contribution in [0.2, 0.25) is 0 Å². The lowest BCUT2D eigenvalue weighted by molar-refractivity contribution is 0.810. The molecule has 0 aliphatic rings. The van der Waals surface area contributed by atoms with Crippen LogP contribution in [-0.2, 0) is 0 Å². The smallest absolute Gasteiger partial charge is 0.164 e. The first kappa shape index (κ1) is 17.5. The number of rotatable bonds is 4. The van der Waals surface area contributed by atoms with Gasteiger partial charge in [-0.1, -0.05) is 64.1 Å². The Hall–Kier alpha value is -2.94. The molecule has 0 spiro atoms. The maximum atomic E-state index is 4.96. The number of para-hydroxylation sites is 3. The maximum Gasteiger partial charge on any atom is 0.164 e. The van der Waals surface area contributed by atoms with Crippen LogP contribution in [-0.4, -0.2) is 14.5 Å². The van der Waals surface area contributed by atoms with E-state index in [1.165, 1.54) is 16.8 Å². The fraction of sp³-hybridized carbons (Fsp3) is 0.250. The first-order chi connectivity index (χ1) is 13.1. The number of nitrogens with zero attached hydrogens (tertiary/aromatic N) is 3. The zero-order chi connectivity index (χ0) is 19.0. The van der Waals surface area contributed by atoms with Crippen molar-refractivity contribution in [1.82, 2.24) is 14.5 Å². The largest absolute Gasteiger partial charge is 0.290 e. The summed E-state index contributed by atoms with van der Waals surface area (Å²) in [5.74, 6) is 1.72. The lowest BCUT2D eigenvalue weighted by atomic mass is 9.92. The van der Waals surface area contributed by atoms with Crippen molar-refractivity contribution in [2.75, 3.05) is 0 Å². The lowest BCUT2D eigenvalue weighted by Crippen LogP contribution is -2.08. The Morgan fingerprint density at radius 2 is 1.41 bits per heavy atom. The van der Waals surface area contributed by atoms with E-state index in [1.54, 1.807) is 0 Å². The van der Waals surface area contributed by atoms with E-state index in [4.69, 9.17) is 4.98 Å². The number of hydrogen-bond donors (Lipinski definition) is 0. The fourth-order valence-electron chi connectivity index (χ4n) is 3.69. The zero-order valence-corrected chi connectivity index (χ0v) is 16.3. The molecule has 4 aromatic rings. The van der Waals surface area contributed by atoms with Gasteiger partial charge in [0.1, 0.15) is 5.69 Å². The average Bonchev–Trinajstić information content (AvgIpc) is 3.07. The lowest BCUT2D eigenvalue weighted by Gasteiger charge is -2.22. The number of aromatic nitrogens is 3. The third-order valence-corrected chi connectivity index (χ3v) is 5.02. The predicted octanol–water partition coefficient (Wildman–Crippen LogP) is 6.33. The quantitative estimate of drug-likeness (QED) is 0.428. The van der Waals surface area contributed by atoms with Gasteiger partial charge in [-0.25, -0.2) is 4.98 Å². The molecule has 136 valence electrons. The van der Waals surface area contributed by atoms with Crippen molar-refractivity contribution in [2.45, 2.75) is 39.5 Å². The Labute approximate surface area is 160 Å². The van der Waals surface area contributed by atoms with Gasteiger partial charge in [-0.2, -0.15) is 0 Å². The molecule has 27 heavy (non-hydrogen) atoms. The molecule has 2 heterocycles. The van der Waals surface area contributed by atoms with Crippen LogP contribution in [0.5, 0.6) is 0 Å². The predicted molar refractivity (Wildman–Crippen MR) is 112 cm³/mol. The minimum atomic E-state index is 0.413. The topological polar surface area (TPSA) is 30.7 Å². The van der Waals surface area contributed by atoms with Crippen LogP contribution in [0.1, 0.15) is 50.7 Å². The molecular weight excluding hydrogens is 330 g/mol. The van der Waals surface area contributed by atoms with Gasteiger partial charge in [0.15, 0.2) is 5.82 Å². The van der Waals surface area contributed by atoms with Crippen molar-refractivity contribution in [3.63, 3.8) is 0 Å². The Morgan fingerprint density at radius 1 is 0.741 bits per heavy atom. The molecule has 2 aromatic carbocycles. The second kappa shape index (κ2) is 6.99. The molecule has 2 aromatic heterocycles. The van der Waals surface area contributed by atoms with E-state index in [9.17, 15) is 0 Å². The molecule has 0 unspecified atom stereocenters. The molecule has 0 amide bonds. The van der Waals surface area contributed by atoms with Gasteiger partial charge in [-0.05, 0) is 47.2 Å². The highest BCUT2D eigenvalue weighted by Crippen LogP contribution is 2.36. The number of fused-ring (bicyclic) bond motifs is 1. The molecule has 3 heteroatoms. The minimum absolute atomic E-state index is 0.413. The summed E-state index contributed by atoms with van der Waals surface area (Å²) in [7, 11) is 0. The average molecular weight is 355 g/mol. The Bertz CT molecular complexity index is 1050. The van der Waals surface area contributed by atoms with E-state index >= 15 is 0 Å². The van der Waals surface area contributed by atoms with E-state index in [2.05, 4.69) is 73.6 Å². The monoisotopic (exact) mass is 355 g/mol. The molecular formula is C24H25N3. The maximum absolute atomic E-state index is 4.96. The van der Waals surface area contributed by atoms with Crippen molar-refractivity contribution < 1.29 is 0 Å². The van der Waals surface area contributed by atoms with Crippen LogP contribution < -0.4 is 0 Å². The third kappa shape index (κ3) is 3.03. The number of imidazole rings is 1. The van der Waals surface area contributed by atoms with Gasteiger partial charge in [0.05, 0.1) is 16.7 Å². The SMILES string of the molecule is CC(C)c1cccc(C(C)C)c1-n1c(-c2ccccn2)nc2ccccc21. The summed E-state index contributed by atoms with van der Waals surface area (Å²) in [6, 6.07) is 21.0. The Balaban J connectivity index is 2.14. The molecule has 0 saturated carbocycles. The highest BCUT2D eigenvalue weighted by atomic mass is 15.1. The van der Waals surface area contributed by atoms with E-state index < -0.39 is 0 Å². The van der Waals surface area contributed by atoms with Gasteiger partial charge in [0, 0.05) is 6.20 Å². The number of pyridine rings is 1. The summed E-state index contributed by atoms with van der Waals surface area (Å²) < 4.78 is 2.31. The van der Waals surface area contributed by atoms with E-state index in [0.717, 1.165) is 22.6 Å². The Kier molecular flexibility index (Phi) is 4.53. The van der Waals surface area contributed by atoms with Gasteiger partial charge in [0.2, 0.25) is 0 Å². The van der Waals surface area contributed by atoms with Gasteiger partial charge >= 0.3 is 0 Å². The summed E-state index contributed by atoms with van der Waals surface area (Å²) in [6.45, 7) is 9.01. The summed E-state index contributed by atoms with van der Waals surface area (Å²) in [5, 5.41) is 0. The molecule has 0 aliphatic carbocycles. The van der Waals surface area contributed by atoms with Gasteiger partial charge in [0.25, 0.3) is 0 Å². The normalized spacial score (nSPS) is 11.6. The first-order valence-corrected chi connectivity index (χ1v) is 9.60. The zero-order valence-electron chi connectivity index (χ0n) is 16.3. The number of benzene rings is 2. The van der Waals surface area contributed by atoms with Crippen molar-refractivity contribution in [2.24, 2.45) is 0 Å². The molecule has 4 rings (SSSR count). The number of hydrogen-bond acceptors (Lipinski definition) is 2. The molecule has 0 saturated heterocycles. The minimum Gasteiger partial charge on any atom is -0.290 e. The van der Waals surface area contributed by atoms with Crippen LogP contribution in [0.25, 0.3) is 28.2 Å². The third-order valence-electron chi connectivity index (χ3n) is 5.02. The second-order valence-corrected chi connectivity index (χ2v) is 7.57. The van der Waals surface area contributed by atoms with Crippen LogP contribution in [0.15, 0.2) is 66.9 Å². The van der Waals surface area contributed by atoms with Crippen LogP contribution >= 0.6 is 0 Å². The molecule has 3 nitrogen and oxygen atoms in total. The molecule has 0 bridgehead atoms. The standard InChI is InChI=1S/C24H25N3/c1-16(2)18-10-9-11-19(17(3)4)23(18)27-22-14-6-5-12-20(22)26-24(27)21-13-7-8-15-25-21/h5-17H,1-4H3. The van der Waals surface area contributed by atoms with Gasteiger partial charge in [-0.3, -0.25) is 9.55 Å². The van der Waals surface area contributed by atoms with Crippen molar-refractivity contribution in [1.29, 1.82) is 0 Å². The van der Waals surface area contributed by atoms with E-state index in [-0.39, 0.29) is 0 Å². The highest BCUT2D eigenvalue weighted by molar-refractivity contribution is 5.83. The highest BCUT2D eigenvalue weighted by Gasteiger charge is 2.21. The van der Waals surface area contributed by atoms with E-state index in [0.29, 0.717) is 11.8 Å². The molecule has 0 fully saturated rings. The van der Waals surface area contributed by atoms with Crippen molar-refractivity contribution in [3.05, 3.63) is 78.0 Å². The van der Waals surface area contributed by atoms with Crippen LogP contribution in [0, 0.1) is 0 Å². The summed E-state index contributed by atoms with van der Waals surface area (Å²) in [5.41, 5.74) is 6.92. The molecule has 0 atom stereocenters. The summed E-state index contributed by atoms with van der Waals surface area (Å²) in [4.78, 5) is 9.56. The first-order valence-electron chi connectivity index (χ1n) is 9.60. The van der Waals surface area contributed by atoms with Crippen LogP contribution in [0.3, 0.4) is 0 Å². The van der Waals surface area contributed by atoms with Gasteiger partial charge < -0.3 is 0 Å². The van der Waals surface area contributed by atoms with Crippen molar-refractivity contribution >= 4 is 11.0 Å². The van der Waals surface area contributed by atoms with Crippen molar-refractivity contribution in [3.8, 4) is 17.2 Å². The van der Waals surface area contributed by atoms with E-state index in [1.807, 2.05) is 30.5 Å². The Morgan fingerprint density at radius 3 is 2.04 bits per heavy atom.